The third-order valence-corrected chi connectivity index (χ3v) is 9.45. The molecule has 0 aromatic carbocycles. The Bertz CT molecular complexity index is 730. The van der Waals surface area contributed by atoms with E-state index in [-0.39, 0.29) is 11.2 Å². The molecule has 166 valence electrons. The summed E-state index contributed by atoms with van der Waals surface area (Å²) in [6.45, 7) is 2.45. The van der Waals surface area contributed by atoms with Crippen molar-refractivity contribution in [2.45, 2.75) is 108 Å². The van der Waals surface area contributed by atoms with E-state index in [4.69, 9.17) is 16.2 Å². The number of rotatable bonds is 4. The Morgan fingerprint density at radius 3 is 2.57 bits per heavy atom. The Morgan fingerprint density at radius 1 is 1.03 bits per heavy atom. The zero-order valence-corrected chi connectivity index (χ0v) is 18.8. The molecule has 4 heteroatoms. The molecular formula is C26H41N3O. The molecular weight excluding hydrogens is 370 g/mol. The van der Waals surface area contributed by atoms with Gasteiger partial charge in [0.15, 0.2) is 0 Å². The first-order chi connectivity index (χ1) is 14.5. The number of nitrogens with zero attached hydrogens (tertiary/aromatic N) is 1. The van der Waals surface area contributed by atoms with Gasteiger partial charge in [0.1, 0.15) is 5.82 Å². The number of nitrogen functional groups attached to an aromatic ring is 1. The maximum atomic E-state index is 7.32. The number of pyridine rings is 1. The second-order valence-electron chi connectivity index (χ2n) is 11.2. The summed E-state index contributed by atoms with van der Waals surface area (Å²) >= 11 is 0. The first kappa shape index (κ1) is 20.8. The molecule has 1 aromatic heterocycles. The highest BCUT2D eigenvalue weighted by atomic mass is 16.5. The molecule has 5 aliphatic rings. The third kappa shape index (κ3) is 3.68. The molecule has 6 rings (SSSR count). The molecule has 3 aliphatic carbocycles. The quantitative estimate of drug-likeness (QED) is 0.710. The van der Waals surface area contributed by atoms with Gasteiger partial charge in [-0.05, 0) is 87.7 Å². The summed E-state index contributed by atoms with van der Waals surface area (Å²) in [5.41, 5.74) is 14.0. The van der Waals surface area contributed by atoms with Crippen molar-refractivity contribution in [2.24, 2.45) is 29.4 Å². The molecule has 4 N–H and O–H groups in total. The predicted octanol–water partition coefficient (Wildman–Crippen LogP) is 5.25. The summed E-state index contributed by atoms with van der Waals surface area (Å²) in [7, 11) is 0. The van der Waals surface area contributed by atoms with Crippen molar-refractivity contribution in [3.63, 3.8) is 0 Å². The van der Waals surface area contributed by atoms with E-state index >= 15 is 0 Å². The van der Waals surface area contributed by atoms with Crippen LogP contribution in [0.25, 0.3) is 0 Å². The number of nitrogens with two attached hydrogens (primary N) is 2. The molecule has 2 saturated heterocycles. The van der Waals surface area contributed by atoms with Crippen LogP contribution in [0.4, 0.5) is 5.82 Å². The molecule has 3 saturated carbocycles. The van der Waals surface area contributed by atoms with Crippen LogP contribution in [0.1, 0.15) is 89.5 Å². The van der Waals surface area contributed by atoms with Crippen LogP contribution in [0.2, 0.25) is 0 Å². The number of hydrogen-bond acceptors (Lipinski definition) is 4. The summed E-state index contributed by atoms with van der Waals surface area (Å²) in [5.74, 6) is 3.27. The Balaban J connectivity index is 1.33. The fourth-order valence-electron chi connectivity index (χ4n) is 7.94. The van der Waals surface area contributed by atoms with Gasteiger partial charge < -0.3 is 16.2 Å². The second-order valence-corrected chi connectivity index (χ2v) is 11.2. The van der Waals surface area contributed by atoms with E-state index in [1.807, 2.05) is 12.3 Å². The third-order valence-electron chi connectivity index (χ3n) is 9.45. The van der Waals surface area contributed by atoms with Gasteiger partial charge in [0, 0.05) is 18.2 Å². The number of anilines is 1. The zero-order chi connectivity index (χ0) is 20.8. The van der Waals surface area contributed by atoms with Crippen LogP contribution in [-0.4, -0.2) is 22.2 Å². The van der Waals surface area contributed by atoms with E-state index in [0.29, 0.717) is 29.6 Å². The first-order valence-electron chi connectivity index (χ1n) is 12.6. The Morgan fingerprint density at radius 2 is 1.83 bits per heavy atom. The summed E-state index contributed by atoms with van der Waals surface area (Å²) in [4.78, 5) is 4.31. The van der Waals surface area contributed by atoms with E-state index in [2.05, 4.69) is 18.0 Å². The van der Waals surface area contributed by atoms with Crippen molar-refractivity contribution in [2.75, 3.05) is 5.73 Å². The fraction of sp³-hybridized carbons (Fsp3) is 0.808. The normalized spacial score (nSPS) is 42.3. The molecule has 0 spiro atoms. The van der Waals surface area contributed by atoms with E-state index in [1.165, 1.54) is 76.2 Å². The number of fused-ring (bicyclic) bond motifs is 3. The van der Waals surface area contributed by atoms with E-state index in [1.54, 1.807) is 0 Å². The molecule has 0 amide bonds. The lowest BCUT2D eigenvalue weighted by Crippen LogP contribution is -2.69. The molecule has 6 atom stereocenters. The molecule has 3 heterocycles. The first-order valence-corrected chi connectivity index (χ1v) is 12.6. The molecule has 0 radical (unpaired) electrons. The lowest BCUT2D eigenvalue weighted by atomic mass is 9.55. The Labute approximate surface area is 182 Å². The van der Waals surface area contributed by atoms with Gasteiger partial charge in [-0.2, -0.15) is 0 Å². The molecule has 4 nitrogen and oxygen atoms in total. The fourth-order valence-corrected chi connectivity index (χ4v) is 7.94. The summed E-state index contributed by atoms with van der Waals surface area (Å²) in [6.07, 6.45) is 18.7. The predicted molar refractivity (Wildman–Crippen MR) is 122 cm³/mol. The molecule has 1 aromatic rings. The highest BCUT2D eigenvalue weighted by Crippen LogP contribution is 2.59. The van der Waals surface area contributed by atoms with E-state index < -0.39 is 0 Å². The summed E-state index contributed by atoms with van der Waals surface area (Å²) in [6, 6.07) is 4.41. The minimum atomic E-state index is 0.00412. The van der Waals surface area contributed by atoms with Crippen LogP contribution < -0.4 is 11.5 Å². The van der Waals surface area contributed by atoms with Crippen LogP contribution in [0.15, 0.2) is 18.3 Å². The van der Waals surface area contributed by atoms with Crippen LogP contribution >= 0.6 is 0 Å². The van der Waals surface area contributed by atoms with Crippen molar-refractivity contribution in [3.8, 4) is 0 Å². The highest BCUT2D eigenvalue weighted by molar-refractivity contribution is 5.29. The average molecular weight is 412 g/mol. The monoisotopic (exact) mass is 411 g/mol. The van der Waals surface area contributed by atoms with Gasteiger partial charge in [0.25, 0.3) is 0 Å². The van der Waals surface area contributed by atoms with Crippen LogP contribution in [0.5, 0.6) is 0 Å². The van der Waals surface area contributed by atoms with Crippen molar-refractivity contribution < 1.29 is 4.74 Å². The molecule has 5 fully saturated rings. The SMILES string of the molecule is C[C@]1(C2CCCCC2)O[C@@]2([C@H]3CCC[C@H](Cc4ccc(N)nc4)C3)CC[C@@H]1[C@@H](N)C2. The lowest BCUT2D eigenvalue weighted by molar-refractivity contribution is -0.295. The molecule has 30 heavy (non-hydrogen) atoms. The van der Waals surface area contributed by atoms with Crippen LogP contribution in [-0.2, 0) is 11.2 Å². The lowest BCUT2D eigenvalue weighted by Gasteiger charge is -2.64. The van der Waals surface area contributed by atoms with Crippen LogP contribution in [0.3, 0.4) is 0 Å². The van der Waals surface area contributed by atoms with Gasteiger partial charge in [-0.15, -0.1) is 0 Å². The smallest absolute Gasteiger partial charge is 0.123 e. The Hall–Kier alpha value is -1.13. The van der Waals surface area contributed by atoms with Crippen molar-refractivity contribution in [1.82, 2.24) is 4.98 Å². The van der Waals surface area contributed by atoms with Crippen LogP contribution in [0, 0.1) is 23.7 Å². The minimum absolute atomic E-state index is 0.00412. The number of ether oxygens (including phenoxy) is 1. The van der Waals surface area contributed by atoms with E-state index in [9.17, 15) is 0 Å². The van der Waals surface area contributed by atoms with Gasteiger partial charge in [0.05, 0.1) is 11.2 Å². The van der Waals surface area contributed by atoms with Gasteiger partial charge in [-0.3, -0.25) is 0 Å². The molecule has 0 unspecified atom stereocenters. The van der Waals surface area contributed by atoms with Crippen molar-refractivity contribution in [1.29, 1.82) is 0 Å². The van der Waals surface area contributed by atoms with Crippen molar-refractivity contribution in [3.05, 3.63) is 23.9 Å². The molecule has 2 bridgehead atoms. The summed E-state index contributed by atoms with van der Waals surface area (Å²) < 4.78 is 7.32. The number of hydrogen-bond donors (Lipinski definition) is 2. The standard InChI is InChI=1S/C26H41N3O/c1-25(20-7-3-2-4-8-20)22-12-13-26(30-25,16-23(22)27)21-9-5-6-18(15-21)14-19-10-11-24(28)29-17-19/h10-11,17-18,20-23H,2-9,12-16,27H2,1H3,(H2,28,29)/t18-,21+,22-,23+,25-,26+/m1/s1. The zero-order valence-electron chi connectivity index (χ0n) is 18.8. The van der Waals surface area contributed by atoms with Gasteiger partial charge in [-0.1, -0.05) is 38.2 Å². The van der Waals surface area contributed by atoms with Gasteiger partial charge in [-0.25, -0.2) is 4.98 Å². The van der Waals surface area contributed by atoms with Crippen molar-refractivity contribution >= 4 is 5.82 Å². The van der Waals surface area contributed by atoms with E-state index in [0.717, 1.165) is 18.8 Å². The highest BCUT2D eigenvalue weighted by Gasteiger charge is 2.61. The summed E-state index contributed by atoms with van der Waals surface area (Å²) in [5, 5.41) is 0. The maximum absolute atomic E-state index is 7.32. The topological polar surface area (TPSA) is 74.2 Å². The van der Waals surface area contributed by atoms with Gasteiger partial charge >= 0.3 is 0 Å². The number of aromatic nitrogens is 1. The Kier molecular flexibility index (Phi) is 5.60. The maximum Gasteiger partial charge on any atom is 0.123 e. The largest absolute Gasteiger partial charge is 0.384 e. The van der Waals surface area contributed by atoms with Gasteiger partial charge in [0.2, 0.25) is 0 Å². The average Bonchev–Trinajstić information content (AvgIpc) is 2.76. The molecule has 2 aliphatic heterocycles. The minimum Gasteiger partial charge on any atom is -0.384 e. The second kappa shape index (κ2) is 8.09.